The molecule has 0 saturated carbocycles. The zero-order chi connectivity index (χ0) is 27.3. The van der Waals surface area contributed by atoms with Crippen LogP contribution in [0.15, 0.2) is 77.7 Å². The van der Waals surface area contributed by atoms with Crippen molar-refractivity contribution in [1.29, 1.82) is 0 Å². The first-order chi connectivity index (χ1) is 18.8. The summed E-state index contributed by atoms with van der Waals surface area (Å²) in [6, 6.07) is 22.7. The topological polar surface area (TPSA) is 82.1 Å². The molecular formula is C31H30N2O5S. The molecule has 39 heavy (non-hydrogen) atoms. The molecule has 1 fully saturated rings. The lowest BCUT2D eigenvalue weighted by atomic mass is 10.1. The lowest BCUT2D eigenvalue weighted by Gasteiger charge is -2.21. The predicted molar refractivity (Wildman–Crippen MR) is 154 cm³/mol. The number of nitrogens with one attached hydrogen (secondary N) is 1. The smallest absolute Gasteiger partial charge is 0.261 e. The van der Waals surface area contributed by atoms with Crippen molar-refractivity contribution in [3.63, 3.8) is 0 Å². The van der Waals surface area contributed by atoms with Gasteiger partial charge in [0.15, 0.2) is 0 Å². The van der Waals surface area contributed by atoms with E-state index < -0.39 is 10.0 Å². The van der Waals surface area contributed by atoms with Crippen molar-refractivity contribution in [1.82, 2.24) is 4.57 Å². The summed E-state index contributed by atoms with van der Waals surface area (Å²) in [4.78, 5) is 0.199. The molecule has 0 aliphatic carbocycles. The van der Waals surface area contributed by atoms with Gasteiger partial charge in [0.05, 0.1) is 41.0 Å². The number of rotatable bonds is 8. The lowest BCUT2D eigenvalue weighted by Crippen LogP contribution is -2.16. The molecule has 200 valence electrons. The largest absolute Gasteiger partial charge is 0.496 e. The number of benzene rings is 4. The van der Waals surface area contributed by atoms with Crippen LogP contribution in [0.1, 0.15) is 16.7 Å². The number of aryl methyl sites for hydroxylation is 2. The van der Waals surface area contributed by atoms with Gasteiger partial charge < -0.3 is 18.8 Å². The predicted octanol–water partition coefficient (Wildman–Crippen LogP) is 6.30. The third kappa shape index (κ3) is 4.49. The Morgan fingerprint density at radius 2 is 1.69 bits per heavy atom. The molecule has 2 heterocycles. The molecule has 1 saturated heterocycles. The van der Waals surface area contributed by atoms with Gasteiger partial charge in [0, 0.05) is 16.3 Å². The Morgan fingerprint density at radius 1 is 0.974 bits per heavy atom. The Hall–Kier alpha value is -4.01. The number of hydrogen-bond donors (Lipinski definition) is 1. The van der Waals surface area contributed by atoms with Crippen LogP contribution in [0, 0.1) is 20.8 Å². The second kappa shape index (κ2) is 9.63. The number of sulfonamides is 1. The number of aromatic nitrogens is 1. The molecule has 1 unspecified atom stereocenters. The normalized spacial score (nSPS) is 15.0. The van der Waals surface area contributed by atoms with Gasteiger partial charge in [-0.3, -0.25) is 4.72 Å². The highest BCUT2D eigenvalue weighted by atomic mass is 32.2. The van der Waals surface area contributed by atoms with Gasteiger partial charge >= 0.3 is 0 Å². The van der Waals surface area contributed by atoms with Crippen LogP contribution < -0.4 is 14.2 Å². The van der Waals surface area contributed by atoms with E-state index in [1.807, 2.05) is 63.2 Å². The summed E-state index contributed by atoms with van der Waals surface area (Å²) in [5, 5.41) is 1.96. The fourth-order valence-electron chi connectivity index (χ4n) is 5.25. The molecule has 6 rings (SSSR count). The molecule has 1 atom stereocenters. The SMILES string of the molecule is COc1c(C)cc(NS(=O)(=O)c2ccc(C)cc2)c(-n2c3ccccc3c3c(OCC4CO4)cccc32)c1C. The number of para-hydroxylation sites is 1. The fourth-order valence-corrected chi connectivity index (χ4v) is 6.31. The summed E-state index contributed by atoms with van der Waals surface area (Å²) in [5.74, 6) is 1.46. The zero-order valence-corrected chi connectivity index (χ0v) is 23.1. The molecule has 0 bridgehead atoms. The van der Waals surface area contributed by atoms with E-state index in [-0.39, 0.29) is 11.0 Å². The Morgan fingerprint density at radius 3 is 2.41 bits per heavy atom. The highest BCUT2D eigenvalue weighted by molar-refractivity contribution is 7.92. The van der Waals surface area contributed by atoms with Crippen molar-refractivity contribution in [2.75, 3.05) is 25.0 Å². The summed E-state index contributed by atoms with van der Waals surface area (Å²) < 4.78 is 49.4. The zero-order valence-electron chi connectivity index (χ0n) is 22.3. The fraction of sp³-hybridized carbons (Fsp3) is 0.226. The lowest BCUT2D eigenvalue weighted by molar-refractivity contribution is 0.265. The van der Waals surface area contributed by atoms with E-state index in [0.717, 1.165) is 44.2 Å². The number of epoxide rings is 1. The van der Waals surface area contributed by atoms with Crippen LogP contribution in [0.25, 0.3) is 27.5 Å². The highest BCUT2D eigenvalue weighted by Crippen LogP contribution is 2.43. The number of nitrogens with zero attached hydrogens (tertiary/aromatic N) is 1. The Labute approximate surface area is 228 Å². The third-order valence-corrected chi connectivity index (χ3v) is 8.54. The second-order valence-corrected chi connectivity index (χ2v) is 11.6. The Bertz CT molecular complexity index is 1820. The van der Waals surface area contributed by atoms with Crippen LogP contribution in [0.4, 0.5) is 5.69 Å². The van der Waals surface area contributed by atoms with E-state index in [2.05, 4.69) is 15.4 Å². The average molecular weight is 543 g/mol. The molecule has 0 spiro atoms. The first kappa shape index (κ1) is 25.3. The molecule has 7 nitrogen and oxygen atoms in total. The maximum Gasteiger partial charge on any atom is 0.261 e. The van der Waals surface area contributed by atoms with E-state index in [1.54, 1.807) is 31.4 Å². The van der Waals surface area contributed by atoms with Crippen molar-refractivity contribution >= 4 is 37.5 Å². The van der Waals surface area contributed by atoms with Gasteiger partial charge in [-0.2, -0.15) is 0 Å². The maximum absolute atomic E-state index is 13.6. The molecule has 0 amide bonds. The van der Waals surface area contributed by atoms with Crippen molar-refractivity contribution in [2.45, 2.75) is 31.8 Å². The van der Waals surface area contributed by atoms with Gasteiger partial charge in [-0.25, -0.2) is 8.42 Å². The van der Waals surface area contributed by atoms with Gasteiger partial charge in [0.1, 0.15) is 24.2 Å². The summed E-state index contributed by atoms with van der Waals surface area (Å²) >= 11 is 0. The number of fused-ring (bicyclic) bond motifs is 3. The molecule has 1 aromatic heterocycles. The van der Waals surface area contributed by atoms with Crippen LogP contribution in [-0.2, 0) is 14.8 Å². The number of methoxy groups -OCH3 is 1. The monoisotopic (exact) mass is 542 g/mol. The summed E-state index contributed by atoms with van der Waals surface area (Å²) in [6.45, 7) is 6.99. The first-order valence-electron chi connectivity index (χ1n) is 12.8. The van der Waals surface area contributed by atoms with E-state index >= 15 is 0 Å². The summed E-state index contributed by atoms with van der Waals surface area (Å²) in [7, 11) is -2.23. The van der Waals surface area contributed by atoms with E-state index in [4.69, 9.17) is 14.2 Å². The second-order valence-electron chi connectivity index (χ2n) is 9.94. The van der Waals surface area contributed by atoms with Crippen LogP contribution in [0.2, 0.25) is 0 Å². The average Bonchev–Trinajstić information content (AvgIpc) is 3.69. The molecule has 5 aromatic rings. The van der Waals surface area contributed by atoms with Crippen LogP contribution in [-0.4, -0.2) is 39.4 Å². The quantitative estimate of drug-likeness (QED) is 0.233. The molecule has 1 aliphatic heterocycles. The van der Waals surface area contributed by atoms with Crippen LogP contribution in [0.3, 0.4) is 0 Å². The van der Waals surface area contributed by atoms with Gasteiger partial charge in [0.2, 0.25) is 0 Å². The number of ether oxygens (including phenoxy) is 3. The molecule has 8 heteroatoms. The number of anilines is 1. The molecule has 1 aliphatic rings. The van der Waals surface area contributed by atoms with Gasteiger partial charge in [0.25, 0.3) is 10.0 Å². The maximum atomic E-state index is 13.6. The molecule has 0 radical (unpaired) electrons. The minimum Gasteiger partial charge on any atom is -0.496 e. The third-order valence-electron chi connectivity index (χ3n) is 7.16. The highest BCUT2D eigenvalue weighted by Gasteiger charge is 2.26. The number of hydrogen-bond acceptors (Lipinski definition) is 5. The summed E-state index contributed by atoms with van der Waals surface area (Å²) in [6.07, 6.45) is 0.125. The van der Waals surface area contributed by atoms with Crippen LogP contribution >= 0.6 is 0 Å². The van der Waals surface area contributed by atoms with E-state index in [9.17, 15) is 8.42 Å². The molecule has 4 aromatic carbocycles. The van der Waals surface area contributed by atoms with Gasteiger partial charge in [-0.1, -0.05) is 42.0 Å². The molecule has 1 N–H and O–H groups in total. The van der Waals surface area contributed by atoms with Crippen LogP contribution in [0.5, 0.6) is 11.5 Å². The minimum atomic E-state index is -3.87. The van der Waals surface area contributed by atoms with E-state index in [0.29, 0.717) is 30.3 Å². The van der Waals surface area contributed by atoms with Crippen molar-refractivity contribution in [3.8, 4) is 17.2 Å². The van der Waals surface area contributed by atoms with E-state index in [1.165, 1.54) is 0 Å². The Kier molecular flexibility index (Phi) is 6.24. The Balaban J connectivity index is 1.61. The van der Waals surface area contributed by atoms with Crippen molar-refractivity contribution in [2.24, 2.45) is 0 Å². The minimum absolute atomic E-state index is 0.125. The molecular weight excluding hydrogens is 512 g/mol. The van der Waals surface area contributed by atoms with Gasteiger partial charge in [-0.05, 0) is 62.7 Å². The first-order valence-corrected chi connectivity index (χ1v) is 14.3. The summed E-state index contributed by atoms with van der Waals surface area (Å²) in [5.41, 5.74) is 5.62. The van der Waals surface area contributed by atoms with Crippen molar-refractivity contribution in [3.05, 3.63) is 89.5 Å². The van der Waals surface area contributed by atoms with Crippen molar-refractivity contribution < 1.29 is 22.6 Å². The standard InChI is InChI=1S/C31H30N2O5S/c1-19-12-14-23(15-13-19)39(34,35)32-25-16-20(2)31(36-4)21(3)30(25)33-26-9-6-5-8-24(26)29-27(33)10-7-11-28(29)38-18-22-17-37-22/h5-16,22,32H,17-18H2,1-4H3. The van der Waals surface area contributed by atoms with Gasteiger partial charge in [-0.15, -0.1) is 0 Å².